The third-order valence-electron chi connectivity index (χ3n) is 3.07. The number of amides is 1. The van der Waals surface area contributed by atoms with Crippen LogP contribution < -0.4 is 11.1 Å². The summed E-state index contributed by atoms with van der Waals surface area (Å²) in [6, 6.07) is 8.22. The van der Waals surface area contributed by atoms with Crippen LogP contribution in [0.2, 0.25) is 5.15 Å². The van der Waals surface area contributed by atoms with Gasteiger partial charge in [-0.1, -0.05) is 11.6 Å². The average molecular weight is 289 g/mol. The van der Waals surface area contributed by atoms with Crippen LogP contribution >= 0.6 is 11.6 Å². The van der Waals surface area contributed by atoms with Gasteiger partial charge >= 0.3 is 0 Å². The van der Waals surface area contributed by atoms with E-state index in [1.807, 2.05) is 0 Å². The number of nitrogens with two attached hydrogens (primary N) is 1. The van der Waals surface area contributed by atoms with Crippen LogP contribution in [-0.2, 0) is 0 Å². The molecule has 1 aliphatic carbocycles. The van der Waals surface area contributed by atoms with Crippen molar-refractivity contribution in [1.29, 1.82) is 0 Å². The summed E-state index contributed by atoms with van der Waals surface area (Å²) in [5, 5.41) is 3.07. The minimum absolute atomic E-state index is 0.249. The van der Waals surface area contributed by atoms with Crippen LogP contribution in [0.5, 0.6) is 0 Å². The van der Waals surface area contributed by atoms with Gasteiger partial charge in [0.15, 0.2) is 0 Å². The molecule has 1 aliphatic rings. The molecule has 1 heterocycles. The van der Waals surface area contributed by atoms with Gasteiger partial charge < -0.3 is 11.1 Å². The van der Waals surface area contributed by atoms with Gasteiger partial charge in [0, 0.05) is 23.2 Å². The number of carbonyl (C=O) groups is 1. The van der Waals surface area contributed by atoms with Gasteiger partial charge in [-0.05, 0) is 37.1 Å². The minimum Gasteiger partial charge on any atom is -0.399 e. The molecule has 20 heavy (non-hydrogen) atoms. The Kier molecular flexibility index (Phi) is 3.28. The van der Waals surface area contributed by atoms with E-state index in [1.165, 1.54) is 0 Å². The Labute approximate surface area is 121 Å². The van der Waals surface area contributed by atoms with Gasteiger partial charge in [0.05, 0.1) is 0 Å². The molecular formula is C14H13ClN4O. The van der Waals surface area contributed by atoms with Crippen LogP contribution in [0, 0.1) is 0 Å². The number of nitrogens with one attached hydrogen (secondary N) is 1. The molecule has 1 amide bonds. The quantitative estimate of drug-likeness (QED) is 0.672. The predicted molar refractivity (Wildman–Crippen MR) is 77.8 cm³/mol. The second-order valence-electron chi connectivity index (χ2n) is 4.78. The van der Waals surface area contributed by atoms with Crippen LogP contribution in [0.15, 0.2) is 30.3 Å². The Morgan fingerprint density at radius 1 is 1.25 bits per heavy atom. The SMILES string of the molecule is Nc1ccc(C(=O)Nc2cc(Cl)nc(C3CC3)n2)cc1. The fourth-order valence-corrected chi connectivity index (χ4v) is 2.04. The van der Waals surface area contributed by atoms with E-state index in [-0.39, 0.29) is 5.91 Å². The number of nitrogens with zero attached hydrogens (tertiary/aromatic N) is 2. The van der Waals surface area contributed by atoms with Crippen molar-refractivity contribution in [3.8, 4) is 0 Å². The fourth-order valence-electron chi connectivity index (χ4n) is 1.85. The highest BCUT2D eigenvalue weighted by molar-refractivity contribution is 6.29. The van der Waals surface area contributed by atoms with E-state index in [9.17, 15) is 4.79 Å². The second-order valence-corrected chi connectivity index (χ2v) is 5.17. The summed E-state index contributed by atoms with van der Waals surface area (Å²) >= 11 is 5.95. The van der Waals surface area contributed by atoms with E-state index in [4.69, 9.17) is 17.3 Å². The molecule has 0 saturated heterocycles. The number of benzene rings is 1. The van der Waals surface area contributed by atoms with Crippen molar-refractivity contribution in [1.82, 2.24) is 9.97 Å². The standard InChI is InChI=1S/C14H13ClN4O/c15-11-7-12(18-13(17-11)8-1-2-8)19-14(20)9-3-5-10(16)6-4-9/h3-8H,1-2,16H2,(H,17,18,19,20). The van der Waals surface area contributed by atoms with Gasteiger partial charge in [-0.25, -0.2) is 9.97 Å². The zero-order chi connectivity index (χ0) is 14.1. The van der Waals surface area contributed by atoms with E-state index >= 15 is 0 Å². The third kappa shape index (κ3) is 2.88. The molecule has 1 aromatic carbocycles. The van der Waals surface area contributed by atoms with Crippen molar-refractivity contribution >= 4 is 29.0 Å². The first-order chi connectivity index (χ1) is 9.61. The van der Waals surface area contributed by atoms with Gasteiger partial charge in [-0.2, -0.15) is 0 Å². The molecule has 2 aromatic rings. The highest BCUT2D eigenvalue weighted by Crippen LogP contribution is 2.38. The summed E-state index contributed by atoms with van der Waals surface area (Å²) in [5.74, 6) is 1.25. The second kappa shape index (κ2) is 5.09. The maximum atomic E-state index is 12.1. The monoisotopic (exact) mass is 288 g/mol. The topological polar surface area (TPSA) is 80.9 Å². The van der Waals surface area contributed by atoms with E-state index < -0.39 is 0 Å². The Morgan fingerprint density at radius 3 is 2.60 bits per heavy atom. The molecule has 0 bridgehead atoms. The highest BCUT2D eigenvalue weighted by Gasteiger charge is 2.27. The van der Waals surface area contributed by atoms with E-state index in [0.717, 1.165) is 12.8 Å². The number of hydrogen-bond acceptors (Lipinski definition) is 4. The first-order valence-electron chi connectivity index (χ1n) is 6.33. The maximum Gasteiger partial charge on any atom is 0.256 e. The van der Waals surface area contributed by atoms with Crippen molar-refractivity contribution in [2.24, 2.45) is 0 Å². The lowest BCUT2D eigenvalue weighted by atomic mass is 10.2. The van der Waals surface area contributed by atoms with Gasteiger partial charge in [-0.3, -0.25) is 4.79 Å². The summed E-state index contributed by atoms with van der Waals surface area (Å²) < 4.78 is 0. The normalized spacial score (nSPS) is 14.1. The van der Waals surface area contributed by atoms with E-state index in [2.05, 4.69) is 15.3 Å². The predicted octanol–water partition coefficient (Wildman–Crippen LogP) is 2.84. The molecule has 0 radical (unpaired) electrons. The Morgan fingerprint density at radius 2 is 1.95 bits per heavy atom. The maximum absolute atomic E-state index is 12.1. The molecule has 3 N–H and O–H groups in total. The molecule has 0 spiro atoms. The summed E-state index contributed by atoms with van der Waals surface area (Å²) in [6.07, 6.45) is 2.15. The van der Waals surface area contributed by atoms with Crippen molar-refractivity contribution in [3.63, 3.8) is 0 Å². The van der Waals surface area contributed by atoms with Crippen LogP contribution in [0.4, 0.5) is 11.5 Å². The molecule has 3 rings (SSSR count). The zero-order valence-electron chi connectivity index (χ0n) is 10.6. The molecule has 0 atom stereocenters. The lowest BCUT2D eigenvalue weighted by Crippen LogP contribution is -2.14. The fraction of sp³-hybridized carbons (Fsp3) is 0.214. The van der Waals surface area contributed by atoms with Crippen LogP contribution in [0.1, 0.15) is 34.9 Å². The van der Waals surface area contributed by atoms with Crippen LogP contribution in [-0.4, -0.2) is 15.9 Å². The Bertz CT molecular complexity index is 653. The van der Waals surface area contributed by atoms with Crippen molar-refractivity contribution in [2.75, 3.05) is 11.1 Å². The molecule has 0 aliphatic heterocycles. The summed E-state index contributed by atoms with van der Waals surface area (Å²) in [5.41, 5.74) is 6.72. The number of halogens is 1. The number of nitrogen functional groups attached to an aromatic ring is 1. The molecule has 1 fully saturated rings. The lowest BCUT2D eigenvalue weighted by Gasteiger charge is -2.07. The molecule has 5 nitrogen and oxygen atoms in total. The number of rotatable bonds is 3. The van der Waals surface area contributed by atoms with Crippen molar-refractivity contribution < 1.29 is 4.79 Å². The summed E-state index contributed by atoms with van der Waals surface area (Å²) in [7, 11) is 0. The first-order valence-corrected chi connectivity index (χ1v) is 6.71. The molecule has 6 heteroatoms. The average Bonchev–Trinajstić information content (AvgIpc) is 3.23. The molecule has 1 aromatic heterocycles. The smallest absolute Gasteiger partial charge is 0.256 e. The number of carbonyl (C=O) groups excluding carboxylic acids is 1. The zero-order valence-corrected chi connectivity index (χ0v) is 11.4. The lowest BCUT2D eigenvalue weighted by molar-refractivity contribution is 0.102. The van der Waals surface area contributed by atoms with Crippen molar-refractivity contribution in [2.45, 2.75) is 18.8 Å². The summed E-state index contributed by atoms with van der Waals surface area (Å²) in [4.78, 5) is 20.6. The molecule has 1 saturated carbocycles. The third-order valence-corrected chi connectivity index (χ3v) is 3.26. The van der Waals surface area contributed by atoms with Crippen LogP contribution in [0.25, 0.3) is 0 Å². The van der Waals surface area contributed by atoms with Crippen LogP contribution in [0.3, 0.4) is 0 Å². The number of aromatic nitrogens is 2. The number of anilines is 2. The van der Waals surface area contributed by atoms with E-state index in [0.29, 0.717) is 34.0 Å². The van der Waals surface area contributed by atoms with Gasteiger partial charge in [0.25, 0.3) is 5.91 Å². The Hall–Kier alpha value is -2.14. The Balaban J connectivity index is 1.80. The largest absolute Gasteiger partial charge is 0.399 e. The van der Waals surface area contributed by atoms with Crippen molar-refractivity contribution in [3.05, 3.63) is 46.9 Å². The van der Waals surface area contributed by atoms with E-state index in [1.54, 1.807) is 30.3 Å². The van der Waals surface area contributed by atoms with Gasteiger partial charge in [0.2, 0.25) is 0 Å². The molecule has 0 unspecified atom stereocenters. The number of hydrogen-bond donors (Lipinski definition) is 2. The molecular weight excluding hydrogens is 276 g/mol. The molecule has 102 valence electrons. The summed E-state index contributed by atoms with van der Waals surface area (Å²) in [6.45, 7) is 0. The first kappa shape index (κ1) is 12.9. The highest BCUT2D eigenvalue weighted by atomic mass is 35.5. The van der Waals surface area contributed by atoms with Gasteiger partial charge in [-0.15, -0.1) is 0 Å². The minimum atomic E-state index is -0.249. The van der Waals surface area contributed by atoms with Gasteiger partial charge in [0.1, 0.15) is 16.8 Å².